The van der Waals surface area contributed by atoms with Crippen molar-refractivity contribution in [3.63, 3.8) is 0 Å². The average Bonchev–Trinajstić information content (AvgIpc) is 2.45. The lowest BCUT2D eigenvalue weighted by Crippen LogP contribution is -1.96. The molecule has 0 fully saturated rings. The number of nitrogen functional groups attached to an aromatic ring is 1. The fourth-order valence-electron chi connectivity index (χ4n) is 1.47. The van der Waals surface area contributed by atoms with Gasteiger partial charge in [0.05, 0.1) is 5.69 Å². The molecule has 0 saturated carbocycles. The van der Waals surface area contributed by atoms with Gasteiger partial charge in [-0.05, 0) is 34.0 Å². The highest BCUT2D eigenvalue weighted by molar-refractivity contribution is 9.10. The Labute approximate surface area is 91.1 Å². The molecule has 0 atom stereocenters. The summed E-state index contributed by atoms with van der Waals surface area (Å²) < 4.78 is 2.87. The van der Waals surface area contributed by atoms with Gasteiger partial charge in [-0.25, -0.2) is 4.98 Å². The van der Waals surface area contributed by atoms with Crippen LogP contribution in [-0.2, 0) is 0 Å². The van der Waals surface area contributed by atoms with Crippen molar-refractivity contribution >= 4 is 27.4 Å². The number of imidazole rings is 1. The number of hydrogen-bond donors (Lipinski definition) is 1. The van der Waals surface area contributed by atoms with Crippen LogP contribution in [0.2, 0.25) is 0 Å². The summed E-state index contributed by atoms with van der Waals surface area (Å²) >= 11 is 3.52. The molecular formula is C10H12BrN3. The summed E-state index contributed by atoms with van der Waals surface area (Å²) in [4.78, 5) is 4.51. The molecule has 3 nitrogen and oxygen atoms in total. The molecular weight excluding hydrogens is 242 g/mol. The van der Waals surface area contributed by atoms with Gasteiger partial charge in [0.1, 0.15) is 16.1 Å². The molecule has 0 saturated heterocycles. The molecule has 74 valence electrons. The van der Waals surface area contributed by atoms with Gasteiger partial charge in [0.15, 0.2) is 0 Å². The molecule has 0 bridgehead atoms. The molecule has 0 radical (unpaired) electrons. The van der Waals surface area contributed by atoms with Crippen LogP contribution >= 0.6 is 15.9 Å². The van der Waals surface area contributed by atoms with Crippen molar-refractivity contribution < 1.29 is 0 Å². The van der Waals surface area contributed by atoms with Crippen LogP contribution in [0, 0.1) is 0 Å². The van der Waals surface area contributed by atoms with Crippen molar-refractivity contribution in [1.82, 2.24) is 9.38 Å². The molecule has 2 N–H and O–H groups in total. The molecule has 2 rings (SSSR count). The maximum Gasteiger partial charge on any atom is 0.139 e. The Morgan fingerprint density at radius 3 is 2.71 bits per heavy atom. The summed E-state index contributed by atoms with van der Waals surface area (Å²) in [5.41, 5.74) is 7.80. The zero-order valence-electron chi connectivity index (χ0n) is 8.16. The minimum atomic E-state index is 0.392. The van der Waals surface area contributed by atoms with Crippen LogP contribution in [0.25, 0.3) is 5.65 Å². The van der Waals surface area contributed by atoms with Gasteiger partial charge in [-0.15, -0.1) is 0 Å². The first-order valence-electron chi connectivity index (χ1n) is 4.53. The molecule has 14 heavy (non-hydrogen) atoms. The van der Waals surface area contributed by atoms with Crippen molar-refractivity contribution in [2.45, 2.75) is 19.8 Å². The molecule has 4 heteroatoms. The topological polar surface area (TPSA) is 43.3 Å². The average molecular weight is 254 g/mol. The second-order valence-corrected chi connectivity index (χ2v) is 4.34. The van der Waals surface area contributed by atoms with Gasteiger partial charge < -0.3 is 5.73 Å². The van der Waals surface area contributed by atoms with E-state index in [-0.39, 0.29) is 0 Å². The Hall–Kier alpha value is -1.03. The number of rotatable bonds is 1. The summed E-state index contributed by atoms with van der Waals surface area (Å²) in [5.74, 6) is 1.09. The number of fused-ring (bicyclic) bond motifs is 1. The second-order valence-electron chi connectivity index (χ2n) is 3.59. The van der Waals surface area contributed by atoms with Crippen LogP contribution < -0.4 is 5.73 Å². The van der Waals surface area contributed by atoms with Crippen molar-refractivity contribution in [1.29, 1.82) is 0 Å². The van der Waals surface area contributed by atoms with E-state index in [9.17, 15) is 0 Å². The maximum absolute atomic E-state index is 5.86. The molecule has 2 heterocycles. The zero-order chi connectivity index (χ0) is 10.3. The fourth-order valence-corrected chi connectivity index (χ4v) is 2.40. The number of nitrogens with zero attached hydrogens (tertiary/aromatic N) is 2. The third kappa shape index (κ3) is 1.30. The minimum absolute atomic E-state index is 0.392. The summed E-state index contributed by atoms with van der Waals surface area (Å²) in [5, 5.41) is 0. The molecule has 0 aromatic carbocycles. The van der Waals surface area contributed by atoms with Gasteiger partial charge in [-0.3, -0.25) is 4.40 Å². The first-order chi connectivity index (χ1) is 6.61. The summed E-state index contributed by atoms with van der Waals surface area (Å²) in [6, 6.07) is 5.73. The summed E-state index contributed by atoms with van der Waals surface area (Å²) in [6.07, 6.45) is 0. The van der Waals surface area contributed by atoms with Crippen LogP contribution in [0.5, 0.6) is 0 Å². The SMILES string of the molecule is CC(C)c1nc2cccc(N)n2c1Br. The van der Waals surface area contributed by atoms with E-state index >= 15 is 0 Å². The Kier molecular flexibility index (Phi) is 2.23. The van der Waals surface area contributed by atoms with Gasteiger partial charge in [0.25, 0.3) is 0 Å². The Morgan fingerprint density at radius 2 is 2.14 bits per heavy atom. The van der Waals surface area contributed by atoms with E-state index in [0.717, 1.165) is 15.9 Å². The number of aromatic nitrogens is 2. The van der Waals surface area contributed by atoms with E-state index in [1.807, 2.05) is 22.6 Å². The van der Waals surface area contributed by atoms with Crippen LogP contribution in [0.3, 0.4) is 0 Å². The smallest absolute Gasteiger partial charge is 0.139 e. The third-order valence-electron chi connectivity index (χ3n) is 2.19. The van der Waals surface area contributed by atoms with Crippen LogP contribution in [0.1, 0.15) is 25.5 Å². The van der Waals surface area contributed by atoms with E-state index in [0.29, 0.717) is 11.7 Å². The number of anilines is 1. The molecule has 0 aliphatic rings. The molecule has 0 spiro atoms. The van der Waals surface area contributed by atoms with Crippen LogP contribution in [0.15, 0.2) is 22.8 Å². The van der Waals surface area contributed by atoms with E-state index in [1.54, 1.807) is 0 Å². The minimum Gasteiger partial charge on any atom is -0.385 e. The molecule has 0 amide bonds. The Balaban J connectivity index is 2.81. The van der Waals surface area contributed by atoms with Gasteiger partial charge in [0.2, 0.25) is 0 Å². The molecule has 0 aliphatic carbocycles. The number of pyridine rings is 1. The predicted molar refractivity (Wildman–Crippen MR) is 61.4 cm³/mol. The Morgan fingerprint density at radius 1 is 1.43 bits per heavy atom. The van der Waals surface area contributed by atoms with E-state index in [1.165, 1.54) is 0 Å². The molecule has 0 unspecified atom stereocenters. The normalized spacial score (nSPS) is 11.4. The number of nitrogens with two attached hydrogens (primary N) is 1. The molecule has 2 aromatic rings. The highest BCUT2D eigenvalue weighted by Crippen LogP contribution is 2.27. The first-order valence-corrected chi connectivity index (χ1v) is 5.33. The van der Waals surface area contributed by atoms with E-state index in [2.05, 4.69) is 34.8 Å². The van der Waals surface area contributed by atoms with Crippen molar-refractivity contribution in [2.75, 3.05) is 5.73 Å². The lowest BCUT2D eigenvalue weighted by Gasteiger charge is -2.01. The molecule has 2 aromatic heterocycles. The van der Waals surface area contributed by atoms with Crippen LogP contribution in [-0.4, -0.2) is 9.38 Å². The van der Waals surface area contributed by atoms with Crippen molar-refractivity contribution in [3.8, 4) is 0 Å². The number of hydrogen-bond acceptors (Lipinski definition) is 2. The quantitative estimate of drug-likeness (QED) is 0.850. The Bertz CT molecular complexity index is 473. The van der Waals surface area contributed by atoms with Gasteiger partial charge in [0, 0.05) is 0 Å². The third-order valence-corrected chi connectivity index (χ3v) is 2.95. The van der Waals surface area contributed by atoms with Gasteiger partial charge in [-0.2, -0.15) is 0 Å². The largest absolute Gasteiger partial charge is 0.385 e. The summed E-state index contributed by atoms with van der Waals surface area (Å²) in [7, 11) is 0. The van der Waals surface area contributed by atoms with E-state index < -0.39 is 0 Å². The standard InChI is InChI=1S/C10H12BrN3/c1-6(2)9-10(11)14-7(12)4-3-5-8(14)13-9/h3-6H,12H2,1-2H3. The lowest BCUT2D eigenvalue weighted by molar-refractivity contribution is 0.827. The van der Waals surface area contributed by atoms with Crippen LogP contribution in [0.4, 0.5) is 5.82 Å². The maximum atomic E-state index is 5.86. The highest BCUT2D eigenvalue weighted by Gasteiger charge is 2.13. The van der Waals surface area contributed by atoms with Crippen molar-refractivity contribution in [3.05, 3.63) is 28.5 Å². The first kappa shape index (κ1) is 9.52. The zero-order valence-corrected chi connectivity index (χ0v) is 9.75. The number of halogens is 1. The second kappa shape index (κ2) is 3.28. The van der Waals surface area contributed by atoms with E-state index in [4.69, 9.17) is 5.73 Å². The lowest BCUT2D eigenvalue weighted by atomic mass is 10.2. The van der Waals surface area contributed by atoms with Crippen molar-refractivity contribution in [2.24, 2.45) is 0 Å². The predicted octanol–water partition coefficient (Wildman–Crippen LogP) is 2.80. The highest BCUT2D eigenvalue weighted by atomic mass is 79.9. The van der Waals surface area contributed by atoms with Gasteiger partial charge in [-0.1, -0.05) is 19.9 Å². The monoisotopic (exact) mass is 253 g/mol. The fraction of sp³-hybridized carbons (Fsp3) is 0.300. The summed E-state index contributed by atoms with van der Waals surface area (Å²) in [6.45, 7) is 4.23. The molecule has 0 aliphatic heterocycles. The van der Waals surface area contributed by atoms with Gasteiger partial charge >= 0.3 is 0 Å².